The number of benzene rings is 2. The van der Waals surface area contributed by atoms with Crippen LogP contribution in [0.5, 0.6) is 11.5 Å². The number of amides is 2. The van der Waals surface area contributed by atoms with Crippen LogP contribution in [0.15, 0.2) is 53.6 Å². The molecule has 2 amide bonds. The van der Waals surface area contributed by atoms with Gasteiger partial charge in [-0.1, -0.05) is 0 Å². The first-order chi connectivity index (χ1) is 12.6. The lowest BCUT2D eigenvalue weighted by atomic mass is 10.2. The van der Waals surface area contributed by atoms with E-state index in [-0.39, 0.29) is 24.7 Å². The summed E-state index contributed by atoms with van der Waals surface area (Å²) in [7, 11) is 3.16. The molecule has 136 valence electrons. The van der Waals surface area contributed by atoms with Gasteiger partial charge in [-0.15, -0.1) is 0 Å². The number of carbonyl (C=O) groups is 2. The van der Waals surface area contributed by atoms with Crippen LogP contribution in [-0.2, 0) is 9.59 Å². The van der Waals surface area contributed by atoms with Crippen LogP contribution in [0.1, 0.15) is 18.4 Å². The maximum absolute atomic E-state index is 11.9. The molecule has 0 bridgehead atoms. The van der Waals surface area contributed by atoms with Gasteiger partial charge in [-0.2, -0.15) is 5.10 Å². The maximum atomic E-state index is 11.9. The van der Waals surface area contributed by atoms with E-state index in [4.69, 9.17) is 9.47 Å². The summed E-state index contributed by atoms with van der Waals surface area (Å²) in [6, 6.07) is 14.2. The monoisotopic (exact) mass is 355 g/mol. The van der Waals surface area contributed by atoms with Gasteiger partial charge in [0.25, 0.3) is 0 Å². The predicted octanol–water partition coefficient (Wildman–Crippen LogP) is 2.57. The highest BCUT2D eigenvalue weighted by Gasteiger charge is 2.07. The molecule has 0 atom stereocenters. The second-order valence-corrected chi connectivity index (χ2v) is 5.34. The normalized spacial score (nSPS) is 10.4. The topological polar surface area (TPSA) is 89.0 Å². The van der Waals surface area contributed by atoms with Crippen LogP contribution in [0.2, 0.25) is 0 Å². The Morgan fingerprint density at radius 2 is 1.42 bits per heavy atom. The Bertz CT molecular complexity index is 755. The van der Waals surface area contributed by atoms with Gasteiger partial charge in [0.1, 0.15) is 11.5 Å². The van der Waals surface area contributed by atoms with E-state index in [0.29, 0.717) is 11.4 Å². The van der Waals surface area contributed by atoms with Crippen LogP contribution < -0.4 is 20.2 Å². The molecular formula is C19H21N3O4. The van der Waals surface area contributed by atoms with E-state index in [1.807, 2.05) is 12.1 Å². The first kappa shape index (κ1) is 19.0. The van der Waals surface area contributed by atoms with Gasteiger partial charge in [0.05, 0.1) is 20.4 Å². The van der Waals surface area contributed by atoms with Gasteiger partial charge in [-0.05, 0) is 54.1 Å². The summed E-state index contributed by atoms with van der Waals surface area (Å²) in [5.74, 6) is 0.871. The Kier molecular flexibility index (Phi) is 7.17. The summed E-state index contributed by atoms with van der Waals surface area (Å²) in [5, 5.41) is 6.58. The van der Waals surface area contributed by atoms with Gasteiger partial charge >= 0.3 is 0 Å². The van der Waals surface area contributed by atoms with Gasteiger partial charge in [0.2, 0.25) is 11.8 Å². The van der Waals surface area contributed by atoms with Crippen molar-refractivity contribution in [3.05, 3.63) is 54.1 Å². The molecule has 0 spiro atoms. The second-order valence-electron chi connectivity index (χ2n) is 5.34. The van der Waals surface area contributed by atoms with Crippen molar-refractivity contribution in [2.45, 2.75) is 12.8 Å². The summed E-state index contributed by atoms with van der Waals surface area (Å²) < 4.78 is 10.1. The van der Waals surface area contributed by atoms with E-state index in [0.717, 1.165) is 11.3 Å². The minimum Gasteiger partial charge on any atom is -0.497 e. The molecule has 2 aromatic rings. The molecular weight excluding hydrogens is 334 g/mol. The standard InChI is InChI=1S/C19H21N3O4/c1-25-16-7-3-14(4-8-16)13-20-22-19(24)12-11-18(23)21-15-5-9-17(26-2)10-6-15/h3-10,13H,11-12H2,1-2H3,(H,21,23)(H,22,24)/b20-13+. The van der Waals surface area contributed by atoms with Gasteiger partial charge < -0.3 is 14.8 Å². The van der Waals surface area contributed by atoms with Crippen molar-refractivity contribution in [3.63, 3.8) is 0 Å². The number of hydrogen-bond acceptors (Lipinski definition) is 5. The van der Waals surface area contributed by atoms with E-state index in [9.17, 15) is 9.59 Å². The summed E-state index contributed by atoms with van der Waals surface area (Å²) in [4.78, 5) is 23.6. The summed E-state index contributed by atoms with van der Waals surface area (Å²) in [6.45, 7) is 0. The van der Waals surface area contributed by atoms with Crippen molar-refractivity contribution < 1.29 is 19.1 Å². The summed E-state index contributed by atoms with van der Waals surface area (Å²) >= 11 is 0. The fourth-order valence-corrected chi connectivity index (χ4v) is 2.05. The van der Waals surface area contributed by atoms with E-state index < -0.39 is 0 Å². The van der Waals surface area contributed by atoms with Crippen molar-refractivity contribution in [2.24, 2.45) is 5.10 Å². The largest absolute Gasteiger partial charge is 0.497 e. The van der Waals surface area contributed by atoms with Crippen molar-refractivity contribution in [1.82, 2.24) is 5.43 Å². The summed E-state index contributed by atoms with van der Waals surface area (Å²) in [5.41, 5.74) is 3.87. The average Bonchev–Trinajstić information content (AvgIpc) is 2.67. The van der Waals surface area contributed by atoms with Gasteiger partial charge in [-0.25, -0.2) is 5.43 Å². The molecule has 0 saturated carbocycles. The zero-order valence-electron chi connectivity index (χ0n) is 14.7. The molecule has 26 heavy (non-hydrogen) atoms. The predicted molar refractivity (Wildman–Crippen MR) is 99.6 cm³/mol. The molecule has 0 unspecified atom stereocenters. The number of methoxy groups -OCH3 is 2. The van der Waals surface area contributed by atoms with Crippen molar-refractivity contribution in [2.75, 3.05) is 19.5 Å². The van der Waals surface area contributed by atoms with E-state index >= 15 is 0 Å². The molecule has 7 heteroatoms. The van der Waals surface area contributed by atoms with Crippen molar-refractivity contribution in [3.8, 4) is 11.5 Å². The van der Waals surface area contributed by atoms with Crippen LogP contribution in [-0.4, -0.2) is 32.2 Å². The molecule has 0 aromatic heterocycles. The second kappa shape index (κ2) is 9.83. The third kappa shape index (κ3) is 6.27. The summed E-state index contributed by atoms with van der Waals surface area (Å²) in [6.07, 6.45) is 1.63. The fraction of sp³-hybridized carbons (Fsp3) is 0.211. The minimum absolute atomic E-state index is 0.0436. The molecule has 0 radical (unpaired) electrons. The van der Waals surface area contributed by atoms with E-state index in [2.05, 4.69) is 15.8 Å². The molecule has 2 aromatic carbocycles. The molecule has 0 heterocycles. The molecule has 0 aliphatic rings. The Hall–Kier alpha value is -3.35. The smallest absolute Gasteiger partial charge is 0.240 e. The molecule has 2 N–H and O–H groups in total. The number of hydrazone groups is 1. The van der Waals surface area contributed by atoms with Crippen LogP contribution in [0.3, 0.4) is 0 Å². The van der Waals surface area contributed by atoms with Crippen LogP contribution >= 0.6 is 0 Å². The Balaban J connectivity index is 1.71. The SMILES string of the molecule is COc1ccc(/C=N/NC(=O)CCC(=O)Nc2ccc(OC)cc2)cc1. The number of hydrogen-bond donors (Lipinski definition) is 2. The number of nitrogens with zero attached hydrogens (tertiary/aromatic N) is 1. The average molecular weight is 355 g/mol. The van der Waals surface area contributed by atoms with E-state index in [1.54, 1.807) is 50.6 Å². The van der Waals surface area contributed by atoms with Gasteiger partial charge in [0.15, 0.2) is 0 Å². The lowest BCUT2D eigenvalue weighted by Crippen LogP contribution is -2.20. The number of ether oxygens (including phenoxy) is 2. The lowest BCUT2D eigenvalue weighted by Gasteiger charge is -2.06. The van der Waals surface area contributed by atoms with Crippen LogP contribution in [0.25, 0.3) is 0 Å². The zero-order chi connectivity index (χ0) is 18.8. The van der Waals surface area contributed by atoms with Gasteiger partial charge in [-0.3, -0.25) is 9.59 Å². The lowest BCUT2D eigenvalue weighted by molar-refractivity contribution is -0.124. The molecule has 0 saturated heterocycles. The maximum Gasteiger partial charge on any atom is 0.240 e. The third-order valence-corrected chi connectivity index (χ3v) is 3.47. The fourth-order valence-electron chi connectivity index (χ4n) is 2.05. The zero-order valence-corrected chi connectivity index (χ0v) is 14.7. The van der Waals surface area contributed by atoms with E-state index in [1.165, 1.54) is 6.21 Å². The quantitative estimate of drug-likeness (QED) is 0.563. The molecule has 7 nitrogen and oxygen atoms in total. The number of anilines is 1. The number of carbonyl (C=O) groups excluding carboxylic acids is 2. The van der Waals surface area contributed by atoms with Crippen LogP contribution in [0.4, 0.5) is 5.69 Å². The number of nitrogens with one attached hydrogen (secondary N) is 2. The third-order valence-electron chi connectivity index (χ3n) is 3.47. The molecule has 0 aliphatic heterocycles. The highest BCUT2D eigenvalue weighted by Crippen LogP contribution is 2.15. The first-order valence-corrected chi connectivity index (χ1v) is 8.00. The molecule has 0 fully saturated rings. The Morgan fingerprint density at radius 1 is 0.885 bits per heavy atom. The Morgan fingerprint density at radius 3 is 2.00 bits per heavy atom. The number of rotatable bonds is 8. The Labute approximate surface area is 152 Å². The highest BCUT2D eigenvalue weighted by atomic mass is 16.5. The van der Waals surface area contributed by atoms with Crippen molar-refractivity contribution >= 4 is 23.7 Å². The molecule has 2 rings (SSSR count). The first-order valence-electron chi connectivity index (χ1n) is 8.00. The minimum atomic E-state index is -0.334. The molecule has 0 aliphatic carbocycles. The van der Waals surface area contributed by atoms with Crippen LogP contribution in [0, 0.1) is 0 Å². The van der Waals surface area contributed by atoms with Crippen molar-refractivity contribution in [1.29, 1.82) is 0 Å². The van der Waals surface area contributed by atoms with Gasteiger partial charge in [0, 0.05) is 18.5 Å². The highest BCUT2D eigenvalue weighted by molar-refractivity contribution is 5.93.